The van der Waals surface area contributed by atoms with E-state index in [9.17, 15) is 19.8 Å². The summed E-state index contributed by atoms with van der Waals surface area (Å²) in [4.78, 5) is 23.6. The molecule has 4 atom stereocenters. The molecule has 0 saturated carbocycles. The first-order valence-corrected chi connectivity index (χ1v) is 8.11. The van der Waals surface area contributed by atoms with Gasteiger partial charge in [0.05, 0.1) is 11.8 Å². The van der Waals surface area contributed by atoms with Crippen molar-refractivity contribution in [3.63, 3.8) is 0 Å². The summed E-state index contributed by atoms with van der Waals surface area (Å²) in [5, 5.41) is 19.3. The molecule has 0 bridgehead atoms. The van der Waals surface area contributed by atoms with Crippen LogP contribution in [0.3, 0.4) is 0 Å². The average molecular weight is 314 g/mol. The molecular weight excluding hydrogens is 280 g/mol. The third kappa shape index (κ3) is 7.28. The molecule has 0 spiro atoms. The Labute approximate surface area is 135 Å². The summed E-state index contributed by atoms with van der Waals surface area (Å²) in [6.45, 7) is 16.0. The van der Waals surface area contributed by atoms with Crippen LogP contribution in [0.25, 0.3) is 0 Å². The molecule has 0 amide bonds. The van der Waals surface area contributed by atoms with Crippen LogP contribution in [0.1, 0.15) is 68.2 Å². The van der Waals surface area contributed by atoms with Gasteiger partial charge in [-0.15, -0.1) is 0 Å². The van der Waals surface area contributed by atoms with Crippen molar-refractivity contribution in [2.75, 3.05) is 0 Å². The van der Waals surface area contributed by atoms with Crippen molar-refractivity contribution >= 4 is 11.9 Å². The minimum absolute atomic E-state index is 0.0244. The lowest BCUT2D eigenvalue weighted by atomic mass is 9.68. The quantitative estimate of drug-likeness (QED) is 0.724. The Morgan fingerprint density at radius 2 is 0.955 bits per heavy atom. The first kappa shape index (κ1) is 20.9. The molecule has 0 radical (unpaired) electrons. The molecule has 0 heterocycles. The van der Waals surface area contributed by atoms with Crippen LogP contribution in [0.5, 0.6) is 0 Å². The van der Waals surface area contributed by atoms with Gasteiger partial charge < -0.3 is 10.2 Å². The first-order chi connectivity index (χ1) is 9.65. The summed E-state index contributed by atoms with van der Waals surface area (Å²) in [7, 11) is 0. The molecule has 0 fully saturated rings. The normalized spacial score (nSPS) is 18.4. The maximum absolute atomic E-state index is 11.8. The topological polar surface area (TPSA) is 74.6 Å². The van der Waals surface area contributed by atoms with Crippen molar-refractivity contribution in [3.05, 3.63) is 0 Å². The van der Waals surface area contributed by atoms with Gasteiger partial charge in [-0.05, 0) is 35.5 Å². The molecular formula is C18H34O4. The lowest BCUT2D eigenvalue weighted by Crippen LogP contribution is -2.40. The van der Waals surface area contributed by atoms with Gasteiger partial charge in [0.25, 0.3) is 0 Å². The summed E-state index contributed by atoms with van der Waals surface area (Å²) < 4.78 is 0. The number of carboxylic acids is 2. The zero-order valence-electron chi connectivity index (χ0n) is 15.4. The Bertz CT molecular complexity index is 349. The molecule has 2 N–H and O–H groups in total. The van der Waals surface area contributed by atoms with Crippen LogP contribution in [0.4, 0.5) is 0 Å². The van der Waals surface area contributed by atoms with E-state index >= 15 is 0 Å². The van der Waals surface area contributed by atoms with E-state index in [1.165, 1.54) is 0 Å². The average Bonchev–Trinajstić information content (AvgIpc) is 2.18. The number of hydrogen-bond donors (Lipinski definition) is 2. The van der Waals surface area contributed by atoms with Crippen LogP contribution in [-0.4, -0.2) is 22.2 Å². The van der Waals surface area contributed by atoms with Crippen molar-refractivity contribution in [1.29, 1.82) is 0 Å². The summed E-state index contributed by atoms with van der Waals surface area (Å²) in [5.74, 6) is -4.06. The van der Waals surface area contributed by atoms with E-state index in [1.54, 1.807) is 0 Å². The third-order valence-electron chi connectivity index (χ3n) is 4.05. The van der Waals surface area contributed by atoms with Crippen molar-refractivity contribution < 1.29 is 19.8 Å². The maximum atomic E-state index is 11.8. The summed E-state index contributed by atoms with van der Waals surface area (Å²) >= 11 is 0. The second kappa shape index (κ2) is 7.47. The van der Waals surface area contributed by atoms with E-state index in [-0.39, 0.29) is 22.7 Å². The zero-order chi connectivity index (χ0) is 17.9. The minimum atomic E-state index is -0.995. The van der Waals surface area contributed by atoms with Gasteiger partial charge in [-0.2, -0.15) is 0 Å². The Kier molecular flexibility index (Phi) is 7.11. The van der Waals surface area contributed by atoms with Crippen molar-refractivity contribution in [2.24, 2.45) is 34.5 Å². The fourth-order valence-electron chi connectivity index (χ4n) is 3.69. The highest BCUT2D eigenvalue weighted by Gasteiger charge is 2.42. The Hall–Kier alpha value is -1.06. The molecule has 4 nitrogen and oxygen atoms in total. The monoisotopic (exact) mass is 314 g/mol. The number of carboxylic acid groups (broad SMARTS) is 2. The van der Waals surface area contributed by atoms with E-state index in [0.717, 1.165) is 0 Å². The molecule has 0 aliphatic carbocycles. The van der Waals surface area contributed by atoms with Gasteiger partial charge in [0, 0.05) is 0 Å². The van der Waals surface area contributed by atoms with Crippen molar-refractivity contribution in [3.8, 4) is 0 Å². The number of hydrogen-bond acceptors (Lipinski definition) is 2. The van der Waals surface area contributed by atoms with E-state index in [2.05, 4.69) is 41.5 Å². The molecule has 0 saturated heterocycles. The van der Waals surface area contributed by atoms with E-state index < -0.39 is 23.8 Å². The van der Waals surface area contributed by atoms with Gasteiger partial charge in [0.1, 0.15) is 0 Å². The third-order valence-corrected chi connectivity index (χ3v) is 4.05. The first-order valence-electron chi connectivity index (χ1n) is 8.11. The summed E-state index contributed by atoms with van der Waals surface area (Å²) in [6.07, 6.45) is 1.38. The van der Waals surface area contributed by atoms with Crippen LogP contribution >= 0.6 is 0 Å². The molecule has 0 aromatic rings. The lowest BCUT2D eigenvalue weighted by molar-refractivity contribution is -0.159. The SMILES string of the molecule is CC(CC(C)(C)C)C(C(=O)O)C(C(=O)O)C(C)CC(C)(C)C. The minimum Gasteiger partial charge on any atom is -0.481 e. The molecule has 4 unspecified atom stereocenters. The molecule has 0 aliphatic heterocycles. The van der Waals surface area contributed by atoms with Gasteiger partial charge in [-0.25, -0.2) is 0 Å². The van der Waals surface area contributed by atoms with Crippen LogP contribution in [-0.2, 0) is 9.59 Å². The lowest BCUT2D eigenvalue weighted by Gasteiger charge is -2.35. The predicted molar refractivity (Wildman–Crippen MR) is 88.7 cm³/mol. The smallest absolute Gasteiger partial charge is 0.307 e. The number of aliphatic carboxylic acids is 2. The number of rotatable bonds is 7. The molecule has 22 heavy (non-hydrogen) atoms. The maximum Gasteiger partial charge on any atom is 0.307 e. The van der Waals surface area contributed by atoms with Gasteiger partial charge >= 0.3 is 11.9 Å². The van der Waals surface area contributed by atoms with Gasteiger partial charge in [0.15, 0.2) is 0 Å². The van der Waals surface area contributed by atoms with Crippen LogP contribution in [0, 0.1) is 34.5 Å². The highest BCUT2D eigenvalue weighted by Crippen LogP contribution is 2.39. The van der Waals surface area contributed by atoms with Gasteiger partial charge in [-0.1, -0.05) is 55.4 Å². The molecule has 0 rings (SSSR count). The molecule has 0 aliphatic rings. The Morgan fingerprint density at radius 3 is 1.09 bits per heavy atom. The van der Waals surface area contributed by atoms with Crippen molar-refractivity contribution in [1.82, 2.24) is 0 Å². The van der Waals surface area contributed by atoms with Gasteiger partial charge in [0.2, 0.25) is 0 Å². The second-order valence-electron chi connectivity index (χ2n) is 9.21. The summed E-state index contributed by atoms with van der Waals surface area (Å²) in [5.41, 5.74) is -0.0487. The zero-order valence-corrected chi connectivity index (χ0v) is 15.4. The molecule has 0 aromatic heterocycles. The highest BCUT2D eigenvalue weighted by atomic mass is 16.4. The van der Waals surface area contributed by atoms with E-state index in [0.29, 0.717) is 12.8 Å². The fraction of sp³-hybridized carbons (Fsp3) is 0.889. The number of carbonyl (C=O) groups is 2. The molecule has 0 aromatic carbocycles. The molecule has 4 heteroatoms. The van der Waals surface area contributed by atoms with E-state index in [4.69, 9.17) is 0 Å². The van der Waals surface area contributed by atoms with E-state index in [1.807, 2.05) is 13.8 Å². The van der Waals surface area contributed by atoms with Crippen molar-refractivity contribution in [2.45, 2.75) is 68.2 Å². The Morgan fingerprint density at radius 1 is 0.727 bits per heavy atom. The largest absolute Gasteiger partial charge is 0.481 e. The fourth-order valence-corrected chi connectivity index (χ4v) is 3.69. The Balaban J connectivity index is 5.45. The highest BCUT2D eigenvalue weighted by molar-refractivity contribution is 5.80. The standard InChI is InChI=1S/C18H34O4/c1-11(9-17(3,4)5)13(15(19)20)14(16(21)22)12(2)10-18(6,7)8/h11-14H,9-10H2,1-8H3,(H,19,20)(H,21,22). The molecule has 130 valence electrons. The predicted octanol–water partition coefficient (Wildman–Crippen LogP) is 4.53. The van der Waals surface area contributed by atoms with Gasteiger partial charge in [-0.3, -0.25) is 9.59 Å². The second-order valence-corrected chi connectivity index (χ2v) is 9.21. The van der Waals surface area contributed by atoms with Crippen LogP contribution in [0.15, 0.2) is 0 Å². The van der Waals surface area contributed by atoms with Crippen LogP contribution < -0.4 is 0 Å². The van der Waals surface area contributed by atoms with Crippen LogP contribution in [0.2, 0.25) is 0 Å². The summed E-state index contributed by atoms with van der Waals surface area (Å²) in [6, 6.07) is 0.